The van der Waals surface area contributed by atoms with Gasteiger partial charge >= 0.3 is 6.01 Å². The van der Waals surface area contributed by atoms with Crippen molar-refractivity contribution < 1.29 is 9.53 Å². The fourth-order valence-corrected chi connectivity index (χ4v) is 6.54. The highest BCUT2D eigenvalue weighted by Gasteiger charge is 2.32. The normalized spacial score (nSPS) is 21.4. The van der Waals surface area contributed by atoms with Gasteiger partial charge in [0.25, 0.3) is 0 Å². The van der Waals surface area contributed by atoms with Gasteiger partial charge in [0.15, 0.2) is 0 Å². The highest BCUT2D eigenvalue weighted by Crippen LogP contribution is 2.36. The fraction of sp³-hybridized carbons (Fsp3) is 0.484. The Bertz CT molecular complexity index is 1430. The van der Waals surface area contributed by atoms with E-state index in [2.05, 4.69) is 71.1 Å². The Morgan fingerprint density at radius 3 is 2.70 bits per heavy atom. The fourth-order valence-electron chi connectivity index (χ4n) is 6.54. The van der Waals surface area contributed by atoms with E-state index >= 15 is 0 Å². The van der Waals surface area contributed by atoms with E-state index in [9.17, 15) is 10.1 Å². The third-order valence-corrected chi connectivity index (χ3v) is 8.82. The standard InChI is InChI=1S/C31H37N7O2/c1-22-6-3-7-23-8-4-10-28(29(22)23)36-15-12-26-27(19-36)33-31(40-20-25-9-5-14-35(25)2)34-30(26)37-16-17-38(21-39)24(18-37)11-13-32/h3-4,6-8,10,21,24-25H,5,9,11-12,14-20H2,1-2H3. The zero-order valence-corrected chi connectivity index (χ0v) is 23.4. The summed E-state index contributed by atoms with van der Waals surface area (Å²) >= 11 is 0. The molecule has 1 aromatic heterocycles. The lowest BCUT2D eigenvalue weighted by molar-refractivity contribution is -0.120. The predicted octanol–water partition coefficient (Wildman–Crippen LogP) is 3.53. The topological polar surface area (TPSA) is 88.8 Å². The van der Waals surface area contributed by atoms with Crippen LogP contribution in [0.2, 0.25) is 0 Å². The molecule has 1 amide bonds. The van der Waals surface area contributed by atoms with Crippen molar-refractivity contribution in [3.05, 3.63) is 53.2 Å². The molecule has 208 valence electrons. The Balaban J connectivity index is 1.34. The first-order valence-corrected chi connectivity index (χ1v) is 14.3. The van der Waals surface area contributed by atoms with Crippen LogP contribution in [0.5, 0.6) is 6.01 Å². The Morgan fingerprint density at radius 2 is 1.93 bits per heavy atom. The molecule has 0 bridgehead atoms. The first-order chi connectivity index (χ1) is 19.6. The monoisotopic (exact) mass is 539 g/mol. The molecule has 0 spiro atoms. The number of nitrogens with zero attached hydrogens (tertiary/aromatic N) is 7. The predicted molar refractivity (Wildman–Crippen MR) is 156 cm³/mol. The molecule has 2 aromatic carbocycles. The first kappa shape index (κ1) is 26.3. The van der Waals surface area contributed by atoms with Gasteiger partial charge < -0.3 is 24.3 Å². The number of aromatic nitrogens is 2. The molecule has 0 saturated carbocycles. The highest BCUT2D eigenvalue weighted by atomic mass is 16.5. The molecule has 40 heavy (non-hydrogen) atoms. The molecule has 0 aliphatic carbocycles. The maximum Gasteiger partial charge on any atom is 0.318 e. The number of likely N-dealkylation sites (N-methyl/N-ethyl adjacent to an activating group) is 1. The molecule has 3 aliphatic heterocycles. The zero-order chi connectivity index (χ0) is 27.6. The van der Waals surface area contributed by atoms with Crippen molar-refractivity contribution in [1.82, 2.24) is 19.8 Å². The van der Waals surface area contributed by atoms with E-state index in [4.69, 9.17) is 14.7 Å². The van der Waals surface area contributed by atoms with Crippen molar-refractivity contribution in [2.24, 2.45) is 0 Å². The summed E-state index contributed by atoms with van der Waals surface area (Å²) in [5.41, 5.74) is 4.63. The minimum Gasteiger partial charge on any atom is -0.462 e. The zero-order valence-electron chi connectivity index (χ0n) is 23.4. The number of rotatable bonds is 7. The molecule has 2 unspecified atom stereocenters. The Labute approximate surface area is 236 Å². The van der Waals surface area contributed by atoms with Gasteiger partial charge in [0.1, 0.15) is 12.4 Å². The van der Waals surface area contributed by atoms with Gasteiger partial charge in [0.2, 0.25) is 6.41 Å². The highest BCUT2D eigenvalue weighted by molar-refractivity contribution is 5.97. The Hall–Kier alpha value is -3.90. The van der Waals surface area contributed by atoms with Crippen molar-refractivity contribution in [2.75, 3.05) is 56.2 Å². The van der Waals surface area contributed by atoms with Crippen molar-refractivity contribution in [3.8, 4) is 12.1 Å². The van der Waals surface area contributed by atoms with E-state index in [1.165, 1.54) is 28.4 Å². The van der Waals surface area contributed by atoms with E-state index in [-0.39, 0.29) is 6.04 Å². The molecule has 0 radical (unpaired) electrons. The summed E-state index contributed by atoms with van der Waals surface area (Å²) in [6, 6.07) is 15.9. The van der Waals surface area contributed by atoms with Crippen LogP contribution < -0.4 is 14.5 Å². The maximum atomic E-state index is 11.6. The number of amides is 1. The average Bonchev–Trinajstić information content (AvgIpc) is 3.39. The molecule has 4 heterocycles. The van der Waals surface area contributed by atoms with Crippen LogP contribution in [0.25, 0.3) is 10.8 Å². The molecule has 3 aliphatic rings. The van der Waals surface area contributed by atoms with Crippen LogP contribution in [-0.4, -0.2) is 84.6 Å². The van der Waals surface area contributed by atoms with Crippen molar-refractivity contribution >= 4 is 28.7 Å². The lowest BCUT2D eigenvalue weighted by Crippen LogP contribution is -2.53. The Kier molecular flexibility index (Phi) is 7.44. The van der Waals surface area contributed by atoms with Gasteiger partial charge in [-0.3, -0.25) is 4.79 Å². The lowest BCUT2D eigenvalue weighted by Gasteiger charge is -2.41. The molecule has 3 aromatic rings. The number of ether oxygens (including phenoxy) is 1. The van der Waals surface area contributed by atoms with E-state index in [1.807, 2.05) is 0 Å². The molecule has 2 atom stereocenters. The number of hydrogen-bond acceptors (Lipinski definition) is 8. The largest absolute Gasteiger partial charge is 0.462 e. The van der Waals surface area contributed by atoms with Gasteiger partial charge in [0, 0.05) is 48.9 Å². The summed E-state index contributed by atoms with van der Waals surface area (Å²) in [5.74, 6) is 0.891. The lowest BCUT2D eigenvalue weighted by atomic mass is 9.99. The minimum atomic E-state index is -0.155. The molecular weight excluding hydrogens is 502 g/mol. The minimum absolute atomic E-state index is 0.155. The number of carbonyl (C=O) groups excluding carboxylic acids is 1. The van der Waals surface area contributed by atoms with E-state index in [0.717, 1.165) is 49.4 Å². The number of benzene rings is 2. The van der Waals surface area contributed by atoms with Gasteiger partial charge in [-0.1, -0.05) is 30.3 Å². The smallest absolute Gasteiger partial charge is 0.318 e. The summed E-state index contributed by atoms with van der Waals surface area (Å²) in [6.07, 6.45) is 4.28. The molecule has 0 N–H and O–H groups in total. The number of piperazine rings is 1. The Morgan fingerprint density at radius 1 is 1.07 bits per heavy atom. The first-order valence-electron chi connectivity index (χ1n) is 14.3. The average molecular weight is 540 g/mol. The van der Waals surface area contributed by atoms with Crippen molar-refractivity contribution in [2.45, 2.75) is 51.2 Å². The number of carbonyl (C=O) groups is 1. The number of nitriles is 1. The van der Waals surface area contributed by atoms with Crippen LogP contribution in [-0.2, 0) is 17.8 Å². The summed E-state index contributed by atoms with van der Waals surface area (Å²) < 4.78 is 6.28. The van der Waals surface area contributed by atoms with Gasteiger partial charge in [-0.2, -0.15) is 15.2 Å². The maximum absolute atomic E-state index is 11.6. The van der Waals surface area contributed by atoms with Gasteiger partial charge in [-0.25, -0.2) is 0 Å². The summed E-state index contributed by atoms with van der Waals surface area (Å²) in [4.78, 5) is 30.3. The molecule has 9 heteroatoms. The van der Waals surface area contributed by atoms with Gasteiger partial charge in [-0.15, -0.1) is 0 Å². The van der Waals surface area contributed by atoms with E-state index in [0.29, 0.717) is 51.3 Å². The third kappa shape index (κ3) is 5.04. The van der Waals surface area contributed by atoms with Crippen LogP contribution >= 0.6 is 0 Å². The number of likely N-dealkylation sites (tertiary alicyclic amines) is 1. The second-order valence-electron chi connectivity index (χ2n) is 11.3. The summed E-state index contributed by atoms with van der Waals surface area (Å²) in [5, 5.41) is 11.9. The number of aryl methyl sites for hydroxylation is 1. The number of fused-ring (bicyclic) bond motifs is 2. The van der Waals surface area contributed by atoms with Crippen LogP contribution in [0.3, 0.4) is 0 Å². The van der Waals surface area contributed by atoms with Crippen molar-refractivity contribution in [1.29, 1.82) is 5.26 Å². The van der Waals surface area contributed by atoms with E-state index in [1.54, 1.807) is 4.90 Å². The van der Waals surface area contributed by atoms with Crippen molar-refractivity contribution in [3.63, 3.8) is 0 Å². The molecule has 2 fully saturated rings. The third-order valence-electron chi connectivity index (χ3n) is 8.82. The summed E-state index contributed by atoms with van der Waals surface area (Å²) in [6.45, 7) is 7.18. The van der Waals surface area contributed by atoms with E-state index < -0.39 is 0 Å². The molecular formula is C31H37N7O2. The number of hydrogen-bond donors (Lipinski definition) is 0. The van der Waals surface area contributed by atoms with Crippen LogP contribution in [0.4, 0.5) is 11.5 Å². The van der Waals surface area contributed by atoms with Crippen LogP contribution in [0.15, 0.2) is 36.4 Å². The summed E-state index contributed by atoms with van der Waals surface area (Å²) in [7, 11) is 2.14. The second-order valence-corrected chi connectivity index (χ2v) is 11.3. The SMILES string of the molecule is Cc1cccc2cccc(N3CCc4c(nc(OCC5CCCN5C)nc4N4CCN(C=O)C(CC#N)C4)C3)c12. The molecule has 9 nitrogen and oxygen atoms in total. The van der Waals surface area contributed by atoms with Gasteiger partial charge in [0.05, 0.1) is 30.8 Å². The molecule has 6 rings (SSSR count). The molecule has 2 saturated heterocycles. The quantitative estimate of drug-likeness (QED) is 0.422. The number of anilines is 2. The van der Waals surface area contributed by atoms with Crippen LogP contribution in [0, 0.1) is 18.3 Å². The van der Waals surface area contributed by atoms with Crippen LogP contribution in [0.1, 0.15) is 36.1 Å². The second kappa shape index (κ2) is 11.3. The van der Waals surface area contributed by atoms with Gasteiger partial charge in [-0.05, 0) is 56.8 Å².